The van der Waals surface area contributed by atoms with Crippen molar-refractivity contribution in [3.63, 3.8) is 0 Å². The highest BCUT2D eigenvalue weighted by Gasteiger charge is 2.29. The summed E-state index contributed by atoms with van der Waals surface area (Å²) in [6.45, 7) is 0. The van der Waals surface area contributed by atoms with Gasteiger partial charge in [-0.05, 0) is 12.8 Å². The molecule has 0 aliphatic heterocycles. The molecule has 76 valence electrons. The van der Waals surface area contributed by atoms with Crippen LogP contribution in [-0.4, -0.2) is 29.2 Å². The molecule has 1 aromatic heterocycles. The third-order valence-electron chi connectivity index (χ3n) is 2.51. The molecule has 2 rings (SSSR count). The predicted molar refractivity (Wildman–Crippen MR) is 53.9 cm³/mol. The quantitative estimate of drug-likeness (QED) is 0.739. The first kappa shape index (κ1) is 9.21. The Morgan fingerprint density at radius 2 is 2.36 bits per heavy atom. The van der Waals surface area contributed by atoms with Gasteiger partial charge in [-0.2, -0.15) is 0 Å². The van der Waals surface area contributed by atoms with E-state index in [4.69, 9.17) is 10.5 Å². The second-order valence-corrected chi connectivity index (χ2v) is 3.50. The Labute approximate surface area is 82.7 Å². The van der Waals surface area contributed by atoms with Crippen LogP contribution in [0.25, 0.3) is 0 Å². The van der Waals surface area contributed by atoms with Crippen molar-refractivity contribution >= 4 is 11.5 Å². The van der Waals surface area contributed by atoms with Crippen molar-refractivity contribution in [2.24, 2.45) is 0 Å². The summed E-state index contributed by atoms with van der Waals surface area (Å²) >= 11 is 0. The first-order valence-corrected chi connectivity index (χ1v) is 4.64. The number of nitrogen functional groups attached to an aromatic ring is 1. The number of anilines is 2. The minimum Gasteiger partial charge on any atom is -0.394 e. The highest BCUT2D eigenvalue weighted by molar-refractivity contribution is 5.59. The Morgan fingerprint density at radius 3 is 3.00 bits per heavy atom. The van der Waals surface area contributed by atoms with Crippen LogP contribution in [0.4, 0.5) is 11.5 Å². The average Bonchev–Trinajstić information content (AvgIpc) is 2.13. The number of aromatic nitrogens is 2. The average molecular weight is 194 g/mol. The van der Waals surface area contributed by atoms with E-state index in [0.717, 1.165) is 18.7 Å². The normalized spacial score (nSPS) is 25.5. The molecule has 5 heteroatoms. The predicted octanol–water partition coefficient (Wildman–Crippen LogP) is 0.648. The van der Waals surface area contributed by atoms with Gasteiger partial charge in [0.2, 0.25) is 0 Å². The smallest absolute Gasteiger partial charge is 0.152 e. The van der Waals surface area contributed by atoms with E-state index in [-0.39, 0.29) is 0 Å². The number of ether oxygens (including phenoxy) is 1. The molecule has 0 saturated heterocycles. The van der Waals surface area contributed by atoms with Crippen LogP contribution in [0.5, 0.6) is 0 Å². The number of rotatable bonds is 3. The number of nitrogens with one attached hydrogen (secondary N) is 1. The second-order valence-electron chi connectivity index (χ2n) is 3.50. The first-order chi connectivity index (χ1) is 6.79. The van der Waals surface area contributed by atoms with E-state index in [1.54, 1.807) is 13.3 Å². The first-order valence-electron chi connectivity index (χ1n) is 4.64. The van der Waals surface area contributed by atoms with E-state index >= 15 is 0 Å². The van der Waals surface area contributed by atoms with E-state index in [0.29, 0.717) is 17.8 Å². The van der Waals surface area contributed by atoms with Gasteiger partial charge >= 0.3 is 0 Å². The summed E-state index contributed by atoms with van der Waals surface area (Å²) < 4.78 is 5.18. The van der Waals surface area contributed by atoms with Crippen molar-refractivity contribution in [1.82, 2.24) is 9.97 Å². The van der Waals surface area contributed by atoms with Crippen LogP contribution < -0.4 is 11.1 Å². The van der Waals surface area contributed by atoms with Gasteiger partial charge in [0.25, 0.3) is 0 Å². The maximum absolute atomic E-state index is 5.70. The SMILES string of the molecule is COC1CC(Nc2ncncc2N)C1. The number of methoxy groups -OCH3 is 1. The molecule has 0 unspecified atom stereocenters. The molecule has 1 aromatic rings. The maximum Gasteiger partial charge on any atom is 0.152 e. The van der Waals surface area contributed by atoms with Crippen molar-refractivity contribution in [1.29, 1.82) is 0 Å². The summed E-state index contributed by atoms with van der Waals surface area (Å²) in [5.41, 5.74) is 6.29. The van der Waals surface area contributed by atoms with Crippen molar-refractivity contribution in [3.8, 4) is 0 Å². The lowest BCUT2D eigenvalue weighted by Crippen LogP contribution is -2.40. The lowest BCUT2D eigenvalue weighted by molar-refractivity contribution is 0.0328. The zero-order valence-electron chi connectivity index (χ0n) is 8.10. The van der Waals surface area contributed by atoms with Gasteiger partial charge in [-0.3, -0.25) is 0 Å². The van der Waals surface area contributed by atoms with Crippen molar-refractivity contribution in [3.05, 3.63) is 12.5 Å². The van der Waals surface area contributed by atoms with Crippen LogP contribution in [0.2, 0.25) is 0 Å². The Kier molecular flexibility index (Phi) is 2.49. The fourth-order valence-corrected chi connectivity index (χ4v) is 1.53. The molecule has 0 aromatic carbocycles. The molecule has 1 aliphatic rings. The molecule has 0 atom stereocenters. The lowest BCUT2D eigenvalue weighted by atomic mass is 9.89. The van der Waals surface area contributed by atoms with Gasteiger partial charge in [0.15, 0.2) is 5.82 Å². The Balaban J connectivity index is 1.90. The van der Waals surface area contributed by atoms with Gasteiger partial charge in [-0.25, -0.2) is 9.97 Å². The van der Waals surface area contributed by atoms with E-state index in [1.165, 1.54) is 6.33 Å². The third-order valence-corrected chi connectivity index (χ3v) is 2.51. The molecule has 5 nitrogen and oxygen atoms in total. The zero-order chi connectivity index (χ0) is 9.97. The van der Waals surface area contributed by atoms with Crippen LogP contribution in [-0.2, 0) is 4.74 Å². The van der Waals surface area contributed by atoms with Gasteiger partial charge in [-0.1, -0.05) is 0 Å². The van der Waals surface area contributed by atoms with Gasteiger partial charge < -0.3 is 15.8 Å². The lowest BCUT2D eigenvalue weighted by Gasteiger charge is -2.35. The van der Waals surface area contributed by atoms with E-state index in [1.807, 2.05) is 0 Å². The van der Waals surface area contributed by atoms with Gasteiger partial charge in [0.05, 0.1) is 18.0 Å². The molecule has 1 fully saturated rings. The summed E-state index contributed by atoms with van der Waals surface area (Å²) in [6.07, 6.45) is 5.50. The van der Waals surface area contributed by atoms with Crippen molar-refractivity contribution in [2.45, 2.75) is 25.0 Å². The fraction of sp³-hybridized carbons (Fsp3) is 0.556. The molecule has 0 spiro atoms. The molecular weight excluding hydrogens is 180 g/mol. The number of hydrogen-bond donors (Lipinski definition) is 2. The van der Waals surface area contributed by atoms with E-state index in [2.05, 4.69) is 15.3 Å². The summed E-state index contributed by atoms with van der Waals surface area (Å²) in [6, 6.07) is 0.428. The topological polar surface area (TPSA) is 73.1 Å². The third kappa shape index (κ3) is 1.77. The Bertz CT molecular complexity index is 311. The second kappa shape index (κ2) is 3.79. The highest BCUT2D eigenvalue weighted by Crippen LogP contribution is 2.26. The largest absolute Gasteiger partial charge is 0.394 e. The summed E-state index contributed by atoms with van der Waals surface area (Å²) in [7, 11) is 1.74. The minimum atomic E-state index is 0.385. The van der Waals surface area contributed by atoms with Crippen LogP contribution in [0.3, 0.4) is 0 Å². The maximum atomic E-state index is 5.70. The van der Waals surface area contributed by atoms with Gasteiger partial charge in [0.1, 0.15) is 6.33 Å². The number of nitrogens with zero attached hydrogens (tertiary/aromatic N) is 2. The number of nitrogens with two attached hydrogens (primary N) is 1. The Hall–Kier alpha value is -1.36. The standard InChI is InChI=1S/C9H14N4O/c1-14-7-2-6(3-7)13-9-8(10)4-11-5-12-9/h4-7H,2-3,10H2,1H3,(H,11,12,13). The molecule has 0 amide bonds. The fourth-order valence-electron chi connectivity index (χ4n) is 1.53. The number of hydrogen-bond acceptors (Lipinski definition) is 5. The highest BCUT2D eigenvalue weighted by atomic mass is 16.5. The van der Waals surface area contributed by atoms with Gasteiger partial charge in [-0.15, -0.1) is 0 Å². The molecular formula is C9H14N4O. The molecule has 0 bridgehead atoms. The zero-order valence-corrected chi connectivity index (χ0v) is 8.10. The van der Waals surface area contributed by atoms with Crippen LogP contribution in [0.15, 0.2) is 12.5 Å². The van der Waals surface area contributed by atoms with Crippen LogP contribution in [0, 0.1) is 0 Å². The summed E-state index contributed by atoms with van der Waals surface area (Å²) in [5.74, 6) is 0.722. The molecule has 3 N–H and O–H groups in total. The molecule has 1 heterocycles. The summed E-state index contributed by atoms with van der Waals surface area (Å²) in [5, 5.41) is 3.25. The molecule has 1 saturated carbocycles. The van der Waals surface area contributed by atoms with Crippen molar-refractivity contribution in [2.75, 3.05) is 18.2 Å². The monoisotopic (exact) mass is 194 g/mol. The van der Waals surface area contributed by atoms with Crippen molar-refractivity contribution < 1.29 is 4.74 Å². The Morgan fingerprint density at radius 1 is 1.57 bits per heavy atom. The van der Waals surface area contributed by atoms with Crippen LogP contribution >= 0.6 is 0 Å². The summed E-state index contributed by atoms with van der Waals surface area (Å²) in [4.78, 5) is 7.89. The minimum absolute atomic E-state index is 0.385. The molecule has 14 heavy (non-hydrogen) atoms. The van der Waals surface area contributed by atoms with E-state index < -0.39 is 0 Å². The molecule has 1 aliphatic carbocycles. The van der Waals surface area contributed by atoms with E-state index in [9.17, 15) is 0 Å². The van der Waals surface area contributed by atoms with Gasteiger partial charge in [0, 0.05) is 13.2 Å². The van der Waals surface area contributed by atoms with Crippen LogP contribution in [0.1, 0.15) is 12.8 Å². The molecule has 0 radical (unpaired) electrons.